The van der Waals surface area contributed by atoms with Gasteiger partial charge in [-0.3, -0.25) is 0 Å². The molecule has 20 heavy (non-hydrogen) atoms. The predicted molar refractivity (Wildman–Crippen MR) is 92.9 cm³/mol. The molecule has 0 heterocycles. The Hall–Kier alpha value is -1.17. The van der Waals surface area contributed by atoms with Gasteiger partial charge in [-0.05, 0) is 73.2 Å². The molecule has 0 fully saturated rings. The van der Waals surface area contributed by atoms with Gasteiger partial charge in [-0.15, -0.1) is 0 Å². The average Bonchev–Trinajstić information content (AvgIpc) is 2.45. The van der Waals surface area contributed by atoms with Crippen molar-refractivity contribution < 1.29 is 0 Å². The van der Waals surface area contributed by atoms with E-state index in [4.69, 9.17) is 12.2 Å². The summed E-state index contributed by atoms with van der Waals surface area (Å²) in [7, 11) is 0. The molecule has 104 valence electrons. The summed E-state index contributed by atoms with van der Waals surface area (Å²) in [5.41, 5.74) is 2.47. The van der Waals surface area contributed by atoms with E-state index in [1.54, 1.807) is 0 Å². The molecule has 0 bridgehead atoms. The van der Waals surface area contributed by atoms with Crippen molar-refractivity contribution in [1.82, 2.24) is 9.44 Å². The van der Waals surface area contributed by atoms with Crippen LogP contribution in [-0.4, -0.2) is 5.11 Å². The molecule has 2 aromatic carbocycles. The van der Waals surface area contributed by atoms with E-state index in [0.717, 1.165) is 0 Å². The highest BCUT2D eigenvalue weighted by molar-refractivity contribution is 8.01. The smallest absolute Gasteiger partial charge is 0.187 e. The van der Waals surface area contributed by atoms with Crippen LogP contribution in [0.3, 0.4) is 0 Å². The first-order chi connectivity index (χ1) is 9.66. The molecular weight excluding hydrogens is 304 g/mol. The minimum atomic E-state index is 0.617. The van der Waals surface area contributed by atoms with Crippen molar-refractivity contribution in [3.63, 3.8) is 0 Å². The van der Waals surface area contributed by atoms with Crippen LogP contribution in [-0.2, 0) is 0 Å². The molecule has 0 atom stereocenters. The van der Waals surface area contributed by atoms with Gasteiger partial charge in [-0.1, -0.05) is 36.4 Å². The average molecular weight is 321 g/mol. The molecule has 2 rings (SSSR count). The van der Waals surface area contributed by atoms with Crippen molar-refractivity contribution >= 4 is 41.2 Å². The van der Waals surface area contributed by atoms with Crippen molar-refractivity contribution in [2.45, 2.75) is 23.6 Å². The first-order valence-corrected chi connectivity index (χ1v) is 8.22. The lowest BCUT2D eigenvalue weighted by Gasteiger charge is -2.11. The van der Waals surface area contributed by atoms with Crippen molar-refractivity contribution in [3.05, 3.63) is 59.7 Å². The highest BCUT2D eigenvalue weighted by Crippen LogP contribution is 2.20. The molecule has 2 nitrogen and oxygen atoms in total. The fourth-order valence-corrected chi connectivity index (χ4v) is 3.14. The van der Waals surface area contributed by atoms with Crippen LogP contribution in [0, 0.1) is 13.8 Å². The van der Waals surface area contributed by atoms with E-state index < -0.39 is 0 Å². The van der Waals surface area contributed by atoms with Crippen LogP contribution in [0.2, 0.25) is 0 Å². The van der Waals surface area contributed by atoms with Crippen LogP contribution in [0.15, 0.2) is 58.3 Å². The monoisotopic (exact) mass is 320 g/mol. The molecule has 0 spiro atoms. The van der Waals surface area contributed by atoms with Crippen LogP contribution < -0.4 is 9.44 Å². The number of benzene rings is 2. The van der Waals surface area contributed by atoms with Crippen molar-refractivity contribution in [2.24, 2.45) is 0 Å². The summed E-state index contributed by atoms with van der Waals surface area (Å²) in [6.07, 6.45) is 0. The van der Waals surface area contributed by atoms with E-state index in [1.807, 2.05) is 24.3 Å². The topological polar surface area (TPSA) is 24.1 Å². The molecule has 2 N–H and O–H groups in total. The second-order valence-corrected chi connectivity index (χ2v) is 6.37. The number of hydrogen-bond acceptors (Lipinski definition) is 3. The molecule has 0 aliphatic heterocycles. The van der Waals surface area contributed by atoms with E-state index in [0.29, 0.717) is 5.11 Å². The Bertz CT molecular complexity index is 548. The number of hydrogen-bond donors (Lipinski definition) is 2. The molecule has 5 heteroatoms. The second kappa shape index (κ2) is 7.57. The van der Waals surface area contributed by atoms with E-state index in [9.17, 15) is 0 Å². The highest BCUT2D eigenvalue weighted by atomic mass is 32.2. The van der Waals surface area contributed by atoms with Crippen molar-refractivity contribution in [1.29, 1.82) is 0 Å². The van der Waals surface area contributed by atoms with Gasteiger partial charge in [0.05, 0.1) is 0 Å². The molecule has 0 aliphatic carbocycles. The normalized spacial score (nSPS) is 10.1. The molecule has 0 unspecified atom stereocenters. The summed E-state index contributed by atoms with van der Waals surface area (Å²) in [5, 5.41) is 0.617. The van der Waals surface area contributed by atoms with Gasteiger partial charge in [-0.25, -0.2) is 0 Å². The fourth-order valence-electron chi connectivity index (χ4n) is 1.57. The molecule has 0 amide bonds. The summed E-state index contributed by atoms with van der Waals surface area (Å²) < 4.78 is 6.29. The van der Waals surface area contributed by atoms with E-state index >= 15 is 0 Å². The number of aryl methyl sites for hydroxylation is 2. The Morgan fingerprint density at radius 3 is 1.60 bits per heavy atom. The lowest BCUT2D eigenvalue weighted by Crippen LogP contribution is -2.25. The maximum atomic E-state index is 5.27. The van der Waals surface area contributed by atoms with Gasteiger partial charge in [0.25, 0.3) is 0 Å². The van der Waals surface area contributed by atoms with Gasteiger partial charge < -0.3 is 9.44 Å². The summed E-state index contributed by atoms with van der Waals surface area (Å²) in [4.78, 5) is 2.36. The van der Waals surface area contributed by atoms with Gasteiger partial charge in [0.2, 0.25) is 0 Å². The first-order valence-electron chi connectivity index (χ1n) is 6.18. The fraction of sp³-hybridized carbons (Fsp3) is 0.133. The largest absolute Gasteiger partial charge is 0.302 e. The van der Waals surface area contributed by atoms with Gasteiger partial charge in [0.15, 0.2) is 5.11 Å². The van der Waals surface area contributed by atoms with E-state index in [2.05, 4.69) is 47.6 Å². The van der Waals surface area contributed by atoms with Gasteiger partial charge in [-0.2, -0.15) is 0 Å². The maximum Gasteiger partial charge on any atom is 0.187 e. The maximum absolute atomic E-state index is 5.27. The minimum absolute atomic E-state index is 0.617. The summed E-state index contributed by atoms with van der Waals surface area (Å²) in [6.45, 7) is 4.17. The summed E-state index contributed by atoms with van der Waals surface area (Å²) in [6, 6.07) is 16.4. The van der Waals surface area contributed by atoms with E-state index in [-0.39, 0.29) is 0 Å². The molecular formula is C15H16N2S3. The molecule has 0 saturated heterocycles. The molecule has 0 saturated carbocycles. The number of thiocarbonyl (C=S) groups is 1. The van der Waals surface area contributed by atoms with Crippen LogP contribution in [0.1, 0.15) is 11.1 Å². The number of nitrogens with one attached hydrogen (secondary N) is 2. The Morgan fingerprint density at radius 2 is 1.20 bits per heavy atom. The molecule has 0 aliphatic rings. The minimum Gasteiger partial charge on any atom is -0.302 e. The Kier molecular flexibility index (Phi) is 5.76. The van der Waals surface area contributed by atoms with Crippen LogP contribution in [0.5, 0.6) is 0 Å². The highest BCUT2D eigenvalue weighted by Gasteiger charge is 2.02. The SMILES string of the molecule is Cc1ccccc1SNC(=S)NSc1ccccc1C. The second-order valence-electron chi connectivity index (χ2n) is 4.27. The third-order valence-electron chi connectivity index (χ3n) is 2.69. The standard InChI is InChI=1S/C15H16N2S3/c1-11-7-3-5-9-13(11)19-16-15(18)17-20-14-10-6-4-8-12(14)2/h3-10H,1-2H3,(H2,16,17,18). The zero-order valence-electron chi connectivity index (χ0n) is 11.3. The van der Waals surface area contributed by atoms with Gasteiger partial charge in [0.1, 0.15) is 0 Å². The quantitative estimate of drug-likeness (QED) is 0.639. The lowest BCUT2D eigenvalue weighted by atomic mass is 10.2. The first kappa shape index (κ1) is 15.2. The lowest BCUT2D eigenvalue weighted by molar-refractivity contribution is 1.27. The van der Waals surface area contributed by atoms with Crippen LogP contribution in [0.4, 0.5) is 0 Å². The predicted octanol–water partition coefficient (Wildman–Crippen LogP) is 4.48. The summed E-state index contributed by atoms with van der Waals surface area (Å²) in [5.74, 6) is 0. The van der Waals surface area contributed by atoms with Crippen LogP contribution in [0.25, 0.3) is 0 Å². The zero-order chi connectivity index (χ0) is 14.4. The third kappa shape index (κ3) is 4.44. The summed E-state index contributed by atoms with van der Waals surface area (Å²) >= 11 is 8.33. The van der Waals surface area contributed by atoms with E-state index in [1.165, 1.54) is 44.8 Å². The van der Waals surface area contributed by atoms with Gasteiger partial charge in [0, 0.05) is 9.79 Å². The Morgan fingerprint density at radius 1 is 0.800 bits per heavy atom. The Balaban J connectivity index is 1.82. The Labute approximate surface area is 134 Å². The third-order valence-corrected chi connectivity index (χ3v) is 5.13. The molecule has 2 aromatic rings. The van der Waals surface area contributed by atoms with Crippen molar-refractivity contribution in [3.8, 4) is 0 Å². The zero-order valence-corrected chi connectivity index (χ0v) is 13.8. The van der Waals surface area contributed by atoms with Gasteiger partial charge >= 0.3 is 0 Å². The van der Waals surface area contributed by atoms with Crippen molar-refractivity contribution in [2.75, 3.05) is 0 Å². The molecule has 0 radical (unpaired) electrons. The molecule has 0 aromatic heterocycles. The van der Waals surface area contributed by atoms with Crippen LogP contribution >= 0.6 is 36.1 Å². The number of rotatable bonds is 4.